The number of carbonyl (C=O) groups is 2. The number of amides is 2. The Hall–Kier alpha value is -2.24. The van der Waals surface area contributed by atoms with Crippen LogP contribution < -0.4 is 4.90 Å². The number of carbonyl (C=O) groups excluding carboxylic acids is 2. The SMILES string of the molecule is COC(=O)N(C)CCC[C@]1(C)C(=O)N(C)c2ccc(O)cc21. The summed E-state index contributed by atoms with van der Waals surface area (Å²) in [5, 5.41) is 9.72. The van der Waals surface area contributed by atoms with Gasteiger partial charge >= 0.3 is 6.09 Å². The van der Waals surface area contributed by atoms with E-state index < -0.39 is 11.5 Å². The maximum absolute atomic E-state index is 12.6. The maximum atomic E-state index is 12.6. The molecule has 0 bridgehead atoms. The molecule has 1 heterocycles. The molecule has 0 aromatic heterocycles. The van der Waals surface area contributed by atoms with Gasteiger partial charge in [-0.1, -0.05) is 0 Å². The van der Waals surface area contributed by atoms with Crippen molar-refractivity contribution in [2.75, 3.05) is 32.6 Å². The van der Waals surface area contributed by atoms with E-state index in [0.29, 0.717) is 19.4 Å². The first-order valence-corrected chi connectivity index (χ1v) is 7.22. The van der Waals surface area contributed by atoms with Gasteiger partial charge in [0.1, 0.15) is 5.75 Å². The number of likely N-dealkylation sites (N-methyl/N-ethyl adjacent to an activating group) is 1. The van der Waals surface area contributed by atoms with Crippen molar-refractivity contribution >= 4 is 17.7 Å². The summed E-state index contributed by atoms with van der Waals surface area (Å²) in [4.78, 5) is 27.1. The summed E-state index contributed by atoms with van der Waals surface area (Å²) >= 11 is 0. The molecule has 0 aliphatic carbocycles. The van der Waals surface area contributed by atoms with Gasteiger partial charge in [0.15, 0.2) is 0 Å². The molecular weight excluding hydrogens is 284 g/mol. The molecule has 1 aromatic rings. The Balaban J connectivity index is 2.15. The van der Waals surface area contributed by atoms with Crippen molar-refractivity contribution in [2.24, 2.45) is 0 Å². The van der Waals surface area contributed by atoms with Crippen LogP contribution in [0.3, 0.4) is 0 Å². The zero-order chi connectivity index (χ0) is 16.5. The molecule has 0 saturated heterocycles. The van der Waals surface area contributed by atoms with E-state index in [1.54, 1.807) is 37.2 Å². The first-order chi connectivity index (χ1) is 10.3. The summed E-state index contributed by atoms with van der Waals surface area (Å²) in [6.45, 7) is 2.39. The number of phenols is 1. The number of hydrogen-bond acceptors (Lipinski definition) is 4. The van der Waals surface area contributed by atoms with Gasteiger partial charge in [-0.2, -0.15) is 0 Å². The lowest BCUT2D eigenvalue weighted by Gasteiger charge is -2.24. The molecule has 1 atom stereocenters. The van der Waals surface area contributed by atoms with Gasteiger partial charge in [-0.05, 0) is 43.5 Å². The third-order valence-corrected chi connectivity index (χ3v) is 4.37. The summed E-state index contributed by atoms with van der Waals surface area (Å²) in [5.41, 5.74) is 0.979. The van der Waals surface area contributed by atoms with E-state index in [0.717, 1.165) is 11.3 Å². The minimum atomic E-state index is -0.681. The van der Waals surface area contributed by atoms with Crippen molar-refractivity contribution in [1.29, 1.82) is 0 Å². The van der Waals surface area contributed by atoms with Crippen molar-refractivity contribution in [3.63, 3.8) is 0 Å². The lowest BCUT2D eigenvalue weighted by atomic mass is 9.79. The van der Waals surface area contributed by atoms with Gasteiger partial charge in [0, 0.05) is 26.3 Å². The summed E-state index contributed by atoms with van der Waals surface area (Å²) in [6, 6.07) is 4.99. The molecule has 6 nitrogen and oxygen atoms in total. The van der Waals surface area contributed by atoms with Crippen LogP contribution in [0.5, 0.6) is 5.75 Å². The van der Waals surface area contributed by atoms with Gasteiger partial charge in [0.25, 0.3) is 0 Å². The molecule has 1 aliphatic rings. The molecule has 6 heteroatoms. The highest BCUT2D eigenvalue weighted by Crippen LogP contribution is 2.45. The fourth-order valence-corrected chi connectivity index (χ4v) is 3.01. The fraction of sp³-hybridized carbons (Fsp3) is 0.500. The number of methoxy groups -OCH3 is 1. The predicted molar refractivity (Wildman–Crippen MR) is 83.1 cm³/mol. The number of aromatic hydroxyl groups is 1. The van der Waals surface area contributed by atoms with Crippen LogP contribution in [-0.4, -0.2) is 49.8 Å². The van der Waals surface area contributed by atoms with E-state index in [4.69, 9.17) is 0 Å². The molecule has 1 aromatic carbocycles. The average Bonchev–Trinajstić information content (AvgIpc) is 2.68. The number of anilines is 1. The molecule has 22 heavy (non-hydrogen) atoms. The molecule has 2 amide bonds. The van der Waals surface area contributed by atoms with Crippen LogP contribution in [-0.2, 0) is 14.9 Å². The predicted octanol–water partition coefficient (Wildman–Crippen LogP) is 2.10. The molecule has 1 N–H and O–H groups in total. The fourth-order valence-electron chi connectivity index (χ4n) is 3.01. The van der Waals surface area contributed by atoms with Gasteiger partial charge in [0.2, 0.25) is 5.91 Å². The molecule has 2 rings (SSSR count). The number of rotatable bonds is 4. The van der Waals surface area contributed by atoms with Crippen molar-refractivity contribution in [3.05, 3.63) is 23.8 Å². The molecule has 1 aliphatic heterocycles. The molecule has 120 valence electrons. The normalized spacial score (nSPS) is 20.0. The maximum Gasteiger partial charge on any atom is 0.409 e. The molecule has 0 unspecified atom stereocenters. The molecule has 0 spiro atoms. The summed E-state index contributed by atoms with van der Waals surface area (Å²) in [7, 11) is 4.75. The lowest BCUT2D eigenvalue weighted by molar-refractivity contribution is -0.122. The molecule has 0 radical (unpaired) electrons. The van der Waals surface area contributed by atoms with Gasteiger partial charge in [-0.3, -0.25) is 4.79 Å². The first kappa shape index (κ1) is 16.1. The number of nitrogens with zero attached hydrogens (tertiary/aromatic N) is 2. The Morgan fingerprint density at radius 3 is 2.77 bits per heavy atom. The van der Waals surface area contributed by atoms with E-state index in [9.17, 15) is 14.7 Å². The third-order valence-electron chi connectivity index (χ3n) is 4.37. The van der Waals surface area contributed by atoms with E-state index >= 15 is 0 Å². The van der Waals surface area contributed by atoms with Gasteiger partial charge in [-0.15, -0.1) is 0 Å². The summed E-state index contributed by atoms with van der Waals surface area (Å²) < 4.78 is 4.65. The second-order valence-electron chi connectivity index (χ2n) is 5.89. The smallest absolute Gasteiger partial charge is 0.409 e. The highest BCUT2D eigenvalue weighted by Gasteiger charge is 2.45. The number of fused-ring (bicyclic) bond motifs is 1. The van der Waals surface area contributed by atoms with Crippen LogP contribution in [0.2, 0.25) is 0 Å². The van der Waals surface area contributed by atoms with Crippen LogP contribution in [0.15, 0.2) is 18.2 Å². The van der Waals surface area contributed by atoms with Gasteiger partial charge in [0.05, 0.1) is 12.5 Å². The standard InChI is InChI=1S/C16H22N2O4/c1-16(8-5-9-17(2)15(21)22-4)12-10-11(19)6-7-13(12)18(3)14(16)20/h6-7,10,19H,5,8-9H2,1-4H3/t16-/m0/s1. The topological polar surface area (TPSA) is 70.1 Å². The van der Waals surface area contributed by atoms with E-state index in [1.165, 1.54) is 12.0 Å². The zero-order valence-electron chi connectivity index (χ0n) is 13.4. The quantitative estimate of drug-likeness (QED) is 0.925. The number of phenolic OH excluding ortho intramolecular Hbond substituents is 1. The second kappa shape index (κ2) is 5.87. The van der Waals surface area contributed by atoms with Crippen molar-refractivity contribution in [1.82, 2.24) is 4.90 Å². The summed E-state index contributed by atoms with van der Waals surface area (Å²) in [5.74, 6) is 0.161. The van der Waals surface area contributed by atoms with Crippen LogP contribution in [0, 0.1) is 0 Å². The zero-order valence-corrected chi connectivity index (χ0v) is 13.4. The Kier molecular flexibility index (Phi) is 4.30. The van der Waals surface area contributed by atoms with Crippen molar-refractivity contribution < 1.29 is 19.4 Å². The highest BCUT2D eigenvalue weighted by atomic mass is 16.5. The number of hydrogen-bond donors (Lipinski definition) is 1. The van der Waals surface area contributed by atoms with Crippen LogP contribution in [0.25, 0.3) is 0 Å². The van der Waals surface area contributed by atoms with Gasteiger partial charge < -0.3 is 19.6 Å². The average molecular weight is 306 g/mol. The number of benzene rings is 1. The Morgan fingerprint density at radius 2 is 2.14 bits per heavy atom. The minimum Gasteiger partial charge on any atom is -0.508 e. The number of ether oxygens (including phenoxy) is 1. The van der Waals surface area contributed by atoms with Gasteiger partial charge in [-0.25, -0.2) is 4.79 Å². The molecular formula is C16H22N2O4. The lowest BCUT2D eigenvalue weighted by Crippen LogP contribution is -2.37. The minimum absolute atomic E-state index is 0.00817. The van der Waals surface area contributed by atoms with E-state index in [-0.39, 0.29) is 11.7 Å². The van der Waals surface area contributed by atoms with E-state index in [1.807, 2.05) is 6.92 Å². The van der Waals surface area contributed by atoms with Crippen LogP contribution in [0.4, 0.5) is 10.5 Å². The largest absolute Gasteiger partial charge is 0.508 e. The monoisotopic (exact) mass is 306 g/mol. The second-order valence-corrected chi connectivity index (χ2v) is 5.89. The Morgan fingerprint density at radius 1 is 1.45 bits per heavy atom. The van der Waals surface area contributed by atoms with Crippen LogP contribution >= 0.6 is 0 Å². The Labute approximate surface area is 130 Å². The molecule has 0 fully saturated rings. The third kappa shape index (κ3) is 2.61. The van der Waals surface area contributed by atoms with Crippen molar-refractivity contribution in [3.8, 4) is 5.75 Å². The Bertz CT molecular complexity index is 602. The van der Waals surface area contributed by atoms with Crippen molar-refractivity contribution in [2.45, 2.75) is 25.2 Å². The van der Waals surface area contributed by atoms with Crippen LogP contribution in [0.1, 0.15) is 25.3 Å². The molecule has 0 saturated carbocycles. The van der Waals surface area contributed by atoms with E-state index in [2.05, 4.69) is 4.74 Å². The summed E-state index contributed by atoms with van der Waals surface area (Å²) in [6.07, 6.45) is 0.864. The highest BCUT2D eigenvalue weighted by molar-refractivity contribution is 6.07. The first-order valence-electron chi connectivity index (χ1n) is 7.22.